The minimum Gasteiger partial charge on any atom is -0.395 e. The Balaban J connectivity index is 2.35. The molecule has 0 aliphatic rings. The van der Waals surface area contributed by atoms with Crippen LogP contribution in [0.4, 0.5) is 10.1 Å². The molecule has 0 saturated carbocycles. The van der Waals surface area contributed by atoms with Gasteiger partial charge < -0.3 is 15.3 Å². The van der Waals surface area contributed by atoms with Gasteiger partial charge in [-0.1, -0.05) is 6.92 Å². The van der Waals surface area contributed by atoms with Crippen LogP contribution in [0.25, 0.3) is 0 Å². The smallest absolute Gasteiger partial charge is 0.225 e. The highest BCUT2D eigenvalue weighted by atomic mass is 19.1. The first-order chi connectivity index (χ1) is 9.15. The molecule has 0 radical (unpaired) electrons. The van der Waals surface area contributed by atoms with E-state index < -0.39 is 0 Å². The monoisotopic (exact) mass is 268 g/mol. The number of hydrogen-bond acceptors (Lipinski definition) is 3. The van der Waals surface area contributed by atoms with Gasteiger partial charge in [-0.25, -0.2) is 4.39 Å². The molecule has 4 nitrogen and oxygen atoms in total. The van der Waals surface area contributed by atoms with Crippen molar-refractivity contribution in [2.75, 3.05) is 31.6 Å². The summed E-state index contributed by atoms with van der Waals surface area (Å²) in [5, 5.41) is 11.6. The molecule has 0 spiro atoms. The van der Waals surface area contributed by atoms with Crippen LogP contribution >= 0.6 is 0 Å². The molecule has 0 aliphatic heterocycles. The first-order valence-corrected chi connectivity index (χ1v) is 6.54. The van der Waals surface area contributed by atoms with Crippen molar-refractivity contribution in [2.45, 2.75) is 19.8 Å². The van der Waals surface area contributed by atoms with Crippen LogP contribution in [0.15, 0.2) is 24.3 Å². The lowest BCUT2D eigenvalue weighted by Gasteiger charge is -2.19. The molecule has 106 valence electrons. The minimum absolute atomic E-state index is 0.0968. The molecule has 2 N–H and O–H groups in total. The van der Waals surface area contributed by atoms with Crippen LogP contribution in [0.3, 0.4) is 0 Å². The quantitative estimate of drug-likeness (QED) is 0.756. The number of carbonyl (C=O) groups excluding carboxylic acids is 1. The standard InChI is InChI=1S/C14H21FN2O2/c1-2-8-17(10-11-18)9-7-14(19)16-13-5-3-12(15)4-6-13/h3-6,18H,2,7-11H2,1H3,(H,16,19). The van der Waals surface area contributed by atoms with Crippen LogP contribution in [0.1, 0.15) is 19.8 Å². The molecule has 0 aliphatic carbocycles. The second-order valence-electron chi connectivity index (χ2n) is 4.37. The zero-order valence-electron chi connectivity index (χ0n) is 11.2. The van der Waals surface area contributed by atoms with Gasteiger partial charge >= 0.3 is 0 Å². The molecule has 1 amide bonds. The Bertz CT molecular complexity index is 376. The average molecular weight is 268 g/mol. The van der Waals surface area contributed by atoms with Gasteiger partial charge in [0.25, 0.3) is 0 Å². The summed E-state index contributed by atoms with van der Waals surface area (Å²) in [7, 11) is 0. The van der Waals surface area contributed by atoms with E-state index >= 15 is 0 Å². The lowest BCUT2D eigenvalue weighted by Crippen LogP contribution is -2.31. The number of anilines is 1. The lowest BCUT2D eigenvalue weighted by atomic mass is 10.3. The molecule has 0 saturated heterocycles. The summed E-state index contributed by atoms with van der Waals surface area (Å²) in [5.41, 5.74) is 0.593. The molecule has 0 bridgehead atoms. The molecule has 1 aromatic rings. The van der Waals surface area contributed by atoms with E-state index in [1.54, 1.807) is 0 Å². The van der Waals surface area contributed by atoms with Gasteiger partial charge in [0.2, 0.25) is 5.91 Å². The van der Waals surface area contributed by atoms with E-state index in [0.717, 1.165) is 13.0 Å². The third-order valence-electron chi connectivity index (χ3n) is 2.74. The molecule has 1 rings (SSSR count). The molecular weight excluding hydrogens is 247 g/mol. The highest BCUT2D eigenvalue weighted by Crippen LogP contribution is 2.08. The molecule has 19 heavy (non-hydrogen) atoms. The van der Waals surface area contributed by atoms with Crippen molar-refractivity contribution in [3.05, 3.63) is 30.1 Å². The Morgan fingerprint density at radius 2 is 1.95 bits per heavy atom. The van der Waals surface area contributed by atoms with Gasteiger partial charge in [0.05, 0.1) is 6.61 Å². The second kappa shape index (κ2) is 8.61. The molecular formula is C14H21FN2O2. The van der Waals surface area contributed by atoms with Crippen LogP contribution in [0.5, 0.6) is 0 Å². The molecule has 0 fully saturated rings. The van der Waals surface area contributed by atoms with E-state index in [-0.39, 0.29) is 18.3 Å². The minimum atomic E-state index is -0.324. The summed E-state index contributed by atoms with van der Waals surface area (Å²) in [5.74, 6) is -0.430. The number of benzene rings is 1. The molecule has 0 aromatic heterocycles. The van der Waals surface area contributed by atoms with Gasteiger partial charge in [0.15, 0.2) is 0 Å². The van der Waals surface area contributed by atoms with Gasteiger partial charge in [-0.3, -0.25) is 4.79 Å². The number of carbonyl (C=O) groups is 1. The van der Waals surface area contributed by atoms with Crippen LogP contribution in [-0.2, 0) is 4.79 Å². The maximum atomic E-state index is 12.7. The van der Waals surface area contributed by atoms with E-state index in [4.69, 9.17) is 5.11 Å². The summed E-state index contributed by atoms with van der Waals surface area (Å²) in [6.45, 7) is 4.21. The summed E-state index contributed by atoms with van der Waals surface area (Å²) in [6, 6.07) is 5.69. The number of hydrogen-bond donors (Lipinski definition) is 2. The predicted octanol–water partition coefficient (Wildman–Crippen LogP) is 1.86. The number of nitrogens with one attached hydrogen (secondary N) is 1. The Labute approximate surface area is 113 Å². The van der Waals surface area contributed by atoms with Crippen molar-refractivity contribution in [1.82, 2.24) is 4.90 Å². The SMILES string of the molecule is CCCN(CCO)CCC(=O)Nc1ccc(F)cc1. The van der Waals surface area contributed by atoms with Gasteiger partial charge in [-0.15, -0.1) is 0 Å². The van der Waals surface area contributed by atoms with Crippen LogP contribution in [0, 0.1) is 5.82 Å². The molecule has 0 atom stereocenters. The maximum absolute atomic E-state index is 12.7. The lowest BCUT2D eigenvalue weighted by molar-refractivity contribution is -0.116. The zero-order valence-corrected chi connectivity index (χ0v) is 11.2. The van der Waals surface area contributed by atoms with Crippen molar-refractivity contribution < 1.29 is 14.3 Å². The third kappa shape index (κ3) is 6.31. The Hall–Kier alpha value is -1.46. The number of aliphatic hydroxyl groups is 1. The van der Waals surface area contributed by atoms with Crippen LogP contribution in [0.2, 0.25) is 0 Å². The summed E-state index contributed by atoms with van der Waals surface area (Å²) >= 11 is 0. The van der Waals surface area contributed by atoms with Crippen molar-refractivity contribution >= 4 is 11.6 Å². The largest absolute Gasteiger partial charge is 0.395 e. The Morgan fingerprint density at radius 3 is 2.53 bits per heavy atom. The van der Waals surface area contributed by atoms with E-state index in [1.807, 2.05) is 4.90 Å². The topological polar surface area (TPSA) is 52.6 Å². The summed E-state index contributed by atoms with van der Waals surface area (Å²) < 4.78 is 12.7. The fourth-order valence-corrected chi connectivity index (χ4v) is 1.81. The number of nitrogens with zero attached hydrogens (tertiary/aromatic N) is 1. The van der Waals surface area contributed by atoms with Crippen molar-refractivity contribution in [2.24, 2.45) is 0 Å². The maximum Gasteiger partial charge on any atom is 0.225 e. The Morgan fingerprint density at radius 1 is 1.26 bits per heavy atom. The van der Waals surface area contributed by atoms with Gasteiger partial charge in [-0.2, -0.15) is 0 Å². The number of aliphatic hydroxyl groups excluding tert-OH is 1. The Kier molecular flexibility index (Phi) is 7.07. The van der Waals surface area contributed by atoms with E-state index in [2.05, 4.69) is 12.2 Å². The number of rotatable bonds is 8. The zero-order chi connectivity index (χ0) is 14.1. The van der Waals surface area contributed by atoms with Crippen molar-refractivity contribution in [3.63, 3.8) is 0 Å². The average Bonchev–Trinajstić information content (AvgIpc) is 2.39. The van der Waals surface area contributed by atoms with Crippen molar-refractivity contribution in [3.8, 4) is 0 Å². The second-order valence-corrected chi connectivity index (χ2v) is 4.37. The molecule has 0 heterocycles. The molecule has 0 unspecified atom stereocenters. The number of halogens is 1. The van der Waals surface area contributed by atoms with Gasteiger partial charge in [0, 0.05) is 25.2 Å². The highest BCUT2D eigenvalue weighted by molar-refractivity contribution is 5.90. The van der Waals surface area contributed by atoms with E-state index in [1.165, 1.54) is 24.3 Å². The number of amides is 1. The predicted molar refractivity (Wildman–Crippen MR) is 73.5 cm³/mol. The first kappa shape index (κ1) is 15.6. The molecule has 5 heteroatoms. The van der Waals surface area contributed by atoms with Crippen molar-refractivity contribution in [1.29, 1.82) is 0 Å². The van der Waals surface area contributed by atoms with Gasteiger partial charge in [0.1, 0.15) is 5.82 Å². The van der Waals surface area contributed by atoms with E-state index in [9.17, 15) is 9.18 Å². The fraction of sp³-hybridized carbons (Fsp3) is 0.500. The summed E-state index contributed by atoms with van der Waals surface area (Å²) in [4.78, 5) is 13.8. The van der Waals surface area contributed by atoms with Crippen LogP contribution < -0.4 is 5.32 Å². The first-order valence-electron chi connectivity index (χ1n) is 6.54. The van der Waals surface area contributed by atoms with Crippen LogP contribution in [-0.4, -0.2) is 42.2 Å². The summed E-state index contributed by atoms with van der Waals surface area (Å²) in [6.07, 6.45) is 1.34. The third-order valence-corrected chi connectivity index (χ3v) is 2.74. The highest BCUT2D eigenvalue weighted by Gasteiger charge is 2.07. The normalized spacial score (nSPS) is 10.7. The van der Waals surface area contributed by atoms with E-state index in [0.29, 0.717) is 25.2 Å². The van der Waals surface area contributed by atoms with Gasteiger partial charge in [-0.05, 0) is 37.2 Å². The molecule has 1 aromatic carbocycles. The fourth-order valence-electron chi connectivity index (χ4n) is 1.81.